The van der Waals surface area contributed by atoms with E-state index in [2.05, 4.69) is 31.2 Å². The minimum absolute atomic E-state index is 0.139. The summed E-state index contributed by atoms with van der Waals surface area (Å²) in [7, 11) is 4.04. The van der Waals surface area contributed by atoms with Gasteiger partial charge in [0.1, 0.15) is 0 Å². The maximum Gasteiger partial charge on any atom is 0.256 e. The monoisotopic (exact) mass is 386 g/mol. The Balaban J connectivity index is 1.81. The van der Waals surface area contributed by atoms with Gasteiger partial charge in [0.05, 0.1) is 18.4 Å². The minimum atomic E-state index is -0.139. The summed E-state index contributed by atoms with van der Waals surface area (Å²) in [6.45, 7) is 1.67. The van der Waals surface area contributed by atoms with Crippen molar-refractivity contribution < 1.29 is 4.79 Å². The van der Waals surface area contributed by atoms with Gasteiger partial charge in [0, 0.05) is 28.2 Å². The van der Waals surface area contributed by atoms with E-state index in [0.717, 1.165) is 28.3 Å². The Kier molecular flexibility index (Phi) is 4.97. The van der Waals surface area contributed by atoms with Gasteiger partial charge in [-0.05, 0) is 31.6 Å². The summed E-state index contributed by atoms with van der Waals surface area (Å²) >= 11 is 3.54. The second kappa shape index (κ2) is 7.15. The zero-order valence-corrected chi connectivity index (χ0v) is 15.2. The molecule has 0 fully saturated rings. The molecule has 0 aliphatic rings. The molecule has 124 valence electrons. The number of carbonyl (C=O) groups is 1. The van der Waals surface area contributed by atoms with E-state index in [4.69, 9.17) is 0 Å². The van der Waals surface area contributed by atoms with Gasteiger partial charge in [0.25, 0.3) is 5.91 Å². The lowest BCUT2D eigenvalue weighted by molar-refractivity contribution is 0.102. The number of nitrogens with one attached hydrogen (secondary N) is 1. The van der Waals surface area contributed by atoms with Crippen LogP contribution >= 0.6 is 15.9 Å². The van der Waals surface area contributed by atoms with Crippen LogP contribution in [0.2, 0.25) is 0 Å². The molecule has 0 unspecified atom stereocenters. The Morgan fingerprint density at radius 1 is 1.25 bits per heavy atom. The number of fused-ring (bicyclic) bond motifs is 1. The van der Waals surface area contributed by atoms with Gasteiger partial charge in [-0.25, -0.2) is 0 Å². The van der Waals surface area contributed by atoms with E-state index in [-0.39, 0.29) is 5.91 Å². The molecule has 2 aromatic carbocycles. The van der Waals surface area contributed by atoms with Crippen molar-refractivity contribution in [2.45, 2.75) is 6.54 Å². The molecule has 0 radical (unpaired) electrons. The number of hydrogen-bond donors (Lipinski definition) is 1. The van der Waals surface area contributed by atoms with Crippen LogP contribution in [0.1, 0.15) is 10.4 Å². The van der Waals surface area contributed by atoms with Gasteiger partial charge in [-0.1, -0.05) is 40.2 Å². The van der Waals surface area contributed by atoms with Gasteiger partial charge in [-0.2, -0.15) is 5.10 Å². The Bertz CT molecular complexity index is 867. The lowest BCUT2D eigenvalue weighted by Gasteiger charge is -2.09. The van der Waals surface area contributed by atoms with Gasteiger partial charge in [0.2, 0.25) is 0 Å². The van der Waals surface area contributed by atoms with E-state index >= 15 is 0 Å². The quantitative estimate of drug-likeness (QED) is 0.728. The Morgan fingerprint density at radius 2 is 2.00 bits per heavy atom. The van der Waals surface area contributed by atoms with Gasteiger partial charge in [0.15, 0.2) is 0 Å². The average molecular weight is 387 g/mol. The summed E-state index contributed by atoms with van der Waals surface area (Å²) in [5.41, 5.74) is 1.34. The summed E-state index contributed by atoms with van der Waals surface area (Å²) in [4.78, 5) is 14.8. The van der Waals surface area contributed by atoms with Crippen molar-refractivity contribution in [3.05, 3.63) is 58.8 Å². The third-order valence-electron chi connectivity index (χ3n) is 3.77. The fourth-order valence-corrected chi connectivity index (χ4v) is 3.13. The van der Waals surface area contributed by atoms with E-state index in [1.165, 1.54) is 0 Å². The lowest BCUT2D eigenvalue weighted by atomic mass is 10.0. The molecule has 0 spiro atoms. The summed E-state index contributed by atoms with van der Waals surface area (Å²) in [5.74, 6) is -0.139. The van der Waals surface area contributed by atoms with E-state index in [9.17, 15) is 4.79 Å². The normalized spacial score (nSPS) is 11.2. The Hall–Kier alpha value is -2.18. The number of aromatic nitrogens is 2. The highest BCUT2D eigenvalue weighted by atomic mass is 79.9. The zero-order chi connectivity index (χ0) is 17.1. The number of rotatable bonds is 5. The molecule has 0 aliphatic heterocycles. The van der Waals surface area contributed by atoms with Gasteiger partial charge in [-0.3, -0.25) is 9.48 Å². The van der Waals surface area contributed by atoms with Crippen LogP contribution in [0.15, 0.2) is 53.3 Å². The van der Waals surface area contributed by atoms with Crippen LogP contribution in [0.5, 0.6) is 0 Å². The molecule has 5 nitrogen and oxygen atoms in total. The first kappa shape index (κ1) is 16.7. The van der Waals surface area contributed by atoms with Gasteiger partial charge in [-0.15, -0.1) is 0 Å². The number of amides is 1. The van der Waals surface area contributed by atoms with Gasteiger partial charge < -0.3 is 10.2 Å². The predicted octanol–water partition coefficient (Wildman–Crippen LogP) is 3.61. The number of hydrogen-bond acceptors (Lipinski definition) is 3. The number of nitrogens with zero attached hydrogens (tertiary/aromatic N) is 3. The molecule has 0 saturated carbocycles. The number of anilines is 1. The molecule has 0 atom stereocenters. The molecule has 1 heterocycles. The topological polar surface area (TPSA) is 50.2 Å². The molecule has 3 aromatic rings. The minimum Gasteiger partial charge on any atom is -0.319 e. The van der Waals surface area contributed by atoms with Crippen molar-refractivity contribution in [2.24, 2.45) is 0 Å². The SMILES string of the molecule is CN(C)CCn1cc(NC(=O)c2cccc3cccc(Br)c23)cn1. The summed E-state index contributed by atoms with van der Waals surface area (Å²) in [5, 5.41) is 9.15. The Labute approximate surface area is 149 Å². The van der Waals surface area contributed by atoms with Crippen LogP contribution in [-0.4, -0.2) is 41.2 Å². The van der Waals surface area contributed by atoms with Crippen molar-refractivity contribution in [3.63, 3.8) is 0 Å². The fourth-order valence-electron chi connectivity index (χ4n) is 2.54. The first-order chi connectivity index (χ1) is 11.5. The van der Waals surface area contributed by atoms with E-state index in [1.54, 1.807) is 6.20 Å². The second-order valence-electron chi connectivity index (χ2n) is 5.89. The number of halogens is 1. The zero-order valence-electron chi connectivity index (χ0n) is 13.7. The largest absolute Gasteiger partial charge is 0.319 e. The van der Waals surface area contributed by atoms with Crippen molar-refractivity contribution in [3.8, 4) is 0 Å². The Morgan fingerprint density at radius 3 is 2.75 bits per heavy atom. The van der Waals surface area contributed by atoms with Crippen LogP contribution in [0.25, 0.3) is 10.8 Å². The van der Waals surface area contributed by atoms with E-state index in [1.807, 2.05) is 61.4 Å². The van der Waals surface area contributed by atoms with Crippen LogP contribution in [0.4, 0.5) is 5.69 Å². The molecule has 1 N–H and O–H groups in total. The van der Waals surface area contributed by atoms with Crippen LogP contribution < -0.4 is 5.32 Å². The first-order valence-corrected chi connectivity index (χ1v) is 8.49. The van der Waals surface area contributed by atoms with Crippen LogP contribution in [0.3, 0.4) is 0 Å². The van der Waals surface area contributed by atoms with Crippen molar-refractivity contribution in [1.82, 2.24) is 14.7 Å². The van der Waals surface area contributed by atoms with Crippen LogP contribution in [-0.2, 0) is 6.54 Å². The molecule has 24 heavy (non-hydrogen) atoms. The molecule has 1 amide bonds. The molecule has 3 rings (SSSR count). The second-order valence-corrected chi connectivity index (χ2v) is 6.75. The van der Waals surface area contributed by atoms with E-state index < -0.39 is 0 Å². The molecule has 6 heteroatoms. The molecule has 1 aromatic heterocycles. The lowest BCUT2D eigenvalue weighted by Crippen LogP contribution is -2.18. The molecule has 0 aliphatic carbocycles. The first-order valence-electron chi connectivity index (χ1n) is 7.70. The van der Waals surface area contributed by atoms with Crippen molar-refractivity contribution >= 4 is 38.3 Å². The number of benzene rings is 2. The molecular formula is C18H19BrN4O. The smallest absolute Gasteiger partial charge is 0.256 e. The number of carbonyl (C=O) groups excluding carboxylic acids is 1. The van der Waals surface area contributed by atoms with E-state index in [0.29, 0.717) is 11.3 Å². The predicted molar refractivity (Wildman–Crippen MR) is 100 cm³/mol. The summed E-state index contributed by atoms with van der Waals surface area (Å²) < 4.78 is 2.74. The fraction of sp³-hybridized carbons (Fsp3) is 0.222. The summed E-state index contributed by atoms with van der Waals surface area (Å²) in [6, 6.07) is 11.6. The third-order valence-corrected chi connectivity index (χ3v) is 4.43. The summed E-state index contributed by atoms with van der Waals surface area (Å²) in [6.07, 6.45) is 3.52. The van der Waals surface area contributed by atoms with Crippen molar-refractivity contribution in [2.75, 3.05) is 26.0 Å². The molecule has 0 bridgehead atoms. The standard InChI is InChI=1S/C18H19BrN4O/c1-22(2)9-10-23-12-14(11-20-23)21-18(24)15-7-3-5-13-6-4-8-16(19)17(13)15/h3-8,11-12H,9-10H2,1-2H3,(H,21,24). The van der Waals surface area contributed by atoms with Gasteiger partial charge >= 0.3 is 0 Å². The highest BCUT2D eigenvalue weighted by molar-refractivity contribution is 9.10. The third kappa shape index (κ3) is 3.66. The highest BCUT2D eigenvalue weighted by Gasteiger charge is 2.13. The van der Waals surface area contributed by atoms with Crippen molar-refractivity contribution in [1.29, 1.82) is 0 Å². The van der Waals surface area contributed by atoms with Crippen LogP contribution in [0, 0.1) is 0 Å². The maximum absolute atomic E-state index is 12.7. The average Bonchev–Trinajstić information content (AvgIpc) is 3.00. The maximum atomic E-state index is 12.7. The molecular weight excluding hydrogens is 368 g/mol. The number of likely N-dealkylation sites (N-methyl/N-ethyl adjacent to an activating group) is 1. The highest BCUT2D eigenvalue weighted by Crippen LogP contribution is 2.27. The molecule has 0 saturated heterocycles.